The molecule has 0 aromatic heterocycles. The fraction of sp³-hybridized carbons (Fsp3) is 0.636. The number of para-hydroxylation sites is 1. The van der Waals surface area contributed by atoms with Crippen molar-refractivity contribution < 1.29 is 19.1 Å². The zero-order valence-corrected chi connectivity index (χ0v) is 18.7. The van der Waals surface area contributed by atoms with Crippen molar-refractivity contribution in [3.05, 3.63) is 29.8 Å². The van der Waals surface area contributed by atoms with Crippen LogP contribution in [-0.4, -0.2) is 35.9 Å². The van der Waals surface area contributed by atoms with Crippen molar-refractivity contribution in [3.63, 3.8) is 0 Å². The van der Waals surface area contributed by atoms with Gasteiger partial charge in [0, 0.05) is 5.69 Å². The first-order chi connectivity index (χ1) is 12.6. The first kappa shape index (κ1) is 24.0. The summed E-state index contributed by atoms with van der Waals surface area (Å²) in [6.45, 7) is 17.3. The van der Waals surface area contributed by atoms with Gasteiger partial charge in [-0.3, -0.25) is 0 Å². The minimum atomic E-state index is -0.916. The number of nitrogens with one attached hydrogen (secondary N) is 2. The number of rotatable bonds is 5. The summed E-state index contributed by atoms with van der Waals surface area (Å²) in [6, 6.07) is 6.21. The number of hydrogen-bond donors (Lipinski definition) is 2. The minimum absolute atomic E-state index is 0.0206. The molecule has 0 heterocycles. The number of carbonyl (C=O) groups is 2. The van der Waals surface area contributed by atoms with Crippen LogP contribution >= 0.6 is 0 Å². The van der Waals surface area contributed by atoms with Crippen molar-refractivity contribution >= 4 is 17.7 Å². The fourth-order valence-electron chi connectivity index (χ4n) is 2.44. The summed E-state index contributed by atoms with van der Waals surface area (Å²) in [5, 5.41) is 5.54. The van der Waals surface area contributed by atoms with Gasteiger partial charge in [0.25, 0.3) is 0 Å². The normalized spacial score (nSPS) is 13.6. The Morgan fingerprint density at radius 3 is 2.00 bits per heavy atom. The van der Waals surface area contributed by atoms with Crippen molar-refractivity contribution in [1.82, 2.24) is 5.32 Å². The van der Waals surface area contributed by atoms with E-state index in [9.17, 15) is 9.59 Å². The van der Waals surface area contributed by atoms with E-state index in [4.69, 9.17) is 9.47 Å². The van der Waals surface area contributed by atoms with E-state index in [0.717, 1.165) is 5.56 Å². The molecule has 0 radical (unpaired) electrons. The highest BCUT2D eigenvalue weighted by Crippen LogP contribution is 2.29. The van der Waals surface area contributed by atoms with Gasteiger partial charge in [0.2, 0.25) is 0 Å². The molecule has 1 aromatic rings. The molecule has 1 unspecified atom stereocenters. The number of benzene rings is 1. The van der Waals surface area contributed by atoms with E-state index in [2.05, 4.69) is 31.4 Å². The molecule has 2 N–H and O–H groups in total. The highest BCUT2D eigenvalue weighted by molar-refractivity contribution is 5.93. The third kappa shape index (κ3) is 8.74. The first-order valence-corrected chi connectivity index (χ1v) is 9.62. The van der Waals surface area contributed by atoms with Crippen LogP contribution in [0.25, 0.3) is 0 Å². The second-order valence-electron chi connectivity index (χ2n) is 9.90. The number of ether oxygens (including phenoxy) is 2. The Kier molecular flexibility index (Phi) is 7.66. The van der Waals surface area contributed by atoms with Crippen LogP contribution in [0.5, 0.6) is 0 Å². The van der Waals surface area contributed by atoms with Crippen molar-refractivity contribution in [2.45, 2.75) is 85.0 Å². The summed E-state index contributed by atoms with van der Waals surface area (Å²) in [5.41, 5.74) is 0.465. The lowest BCUT2D eigenvalue weighted by Crippen LogP contribution is -2.49. The molecule has 158 valence electrons. The summed E-state index contributed by atoms with van der Waals surface area (Å²) in [7, 11) is 0. The highest BCUT2D eigenvalue weighted by Gasteiger charge is 2.29. The van der Waals surface area contributed by atoms with Gasteiger partial charge in [-0.05, 0) is 58.6 Å². The van der Waals surface area contributed by atoms with Gasteiger partial charge < -0.3 is 20.1 Å². The first-order valence-electron chi connectivity index (χ1n) is 9.62. The molecule has 6 heteroatoms. The quantitative estimate of drug-likeness (QED) is 0.716. The van der Waals surface area contributed by atoms with Gasteiger partial charge in [0.05, 0.1) is 12.2 Å². The third-order valence-corrected chi connectivity index (χ3v) is 3.66. The molecule has 1 atom stereocenters. The summed E-state index contributed by atoms with van der Waals surface area (Å²) >= 11 is 0. The van der Waals surface area contributed by atoms with E-state index in [0.29, 0.717) is 5.69 Å². The average Bonchev–Trinajstić information content (AvgIpc) is 2.48. The summed E-state index contributed by atoms with van der Waals surface area (Å²) < 4.78 is 11.1. The second-order valence-corrected chi connectivity index (χ2v) is 9.90. The predicted molar refractivity (Wildman–Crippen MR) is 113 cm³/mol. The molecular formula is C22H36N2O4. The van der Waals surface area contributed by atoms with Gasteiger partial charge in [0.1, 0.15) is 5.60 Å². The van der Waals surface area contributed by atoms with Crippen molar-refractivity contribution in [3.8, 4) is 0 Å². The molecule has 0 saturated heterocycles. The molecule has 0 aliphatic heterocycles. The SMILES string of the molecule is CC(C)(C)OCC(NC(=O)Nc1ccccc1C(C)(C)C)C(=O)OC(C)(C)C. The third-order valence-electron chi connectivity index (χ3n) is 3.66. The summed E-state index contributed by atoms with van der Waals surface area (Å²) in [4.78, 5) is 25.2. The van der Waals surface area contributed by atoms with Crippen LogP contribution in [0.3, 0.4) is 0 Å². The lowest BCUT2D eigenvalue weighted by Gasteiger charge is -2.28. The lowest BCUT2D eigenvalue weighted by atomic mass is 9.86. The minimum Gasteiger partial charge on any atom is -0.458 e. The molecule has 0 bridgehead atoms. The van der Waals surface area contributed by atoms with E-state index < -0.39 is 29.2 Å². The Labute approximate surface area is 169 Å². The molecule has 6 nitrogen and oxygen atoms in total. The smallest absolute Gasteiger partial charge is 0.331 e. The number of amides is 2. The van der Waals surface area contributed by atoms with Crippen LogP contribution in [0.1, 0.15) is 67.9 Å². The molecule has 1 rings (SSSR count). The predicted octanol–water partition coefficient (Wildman–Crippen LogP) is 4.63. The van der Waals surface area contributed by atoms with Gasteiger partial charge >= 0.3 is 12.0 Å². The van der Waals surface area contributed by atoms with Crippen LogP contribution < -0.4 is 10.6 Å². The van der Waals surface area contributed by atoms with E-state index >= 15 is 0 Å². The molecule has 0 aliphatic rings. The highest BCUT2D eigenvalue weighted by atomic mass is 16.6. The van der Waals surface area contributed by atoms with E-state index in [-0.39, 0.29) is 12.0 Å². The lowest BCUT2D eigenvalue weighted by molar-refractivity contribution is -0.160. The van der Waals surface area contributed by atoms with Crippen molar-refractivity contribution in [2.24, 2.45) is 0 Å². The number of carbonyl (C=O) groups excluding carboxylic acids is 2. The molecule has 0 saturated carbocycles. The largest absolute Gasteiger partial charge is 0.458 e. The summed E-state index contributed by atoms with van der Waals surface area (Å²) in [6.07, 6.45) is 0. The zero-order valence-electron chi connectivity index (χ0n) is 18.7. The topological polar surface area (TPSA) is 76.7 Å². The van der Waals surface area contributed by atoms with Crippen LogP contribution in [0, 0.1) is 0 Å². The molecule has 2 amide bonds. The average molecular weight is 393 g/mol. The molecule has 28 heavy (non-hydrogen) atoms. The molecule has 0 spiro atoms. The molecule has 0 fully saturated rings. The number of hydrogen-bond acceptors (Lipinski definition) is 4. The second kappa shape index (κ2) is 8.95. The molecule has 0 aliphatic carbocycles. The van der Waals surface area contributed by atoms with Gasteiger partial charge in [-0.2, -0.15) is 0 Å². The van der Waals surface area contributed by atoms with Crippen LogP contribution in [0.4, 0.5) is 10.5 Å². The Hall–Kier alpha value is -2.08. The van der Waals surface area contributed by atoms with E-state index in [1.54, 1.807) is 20.8 Å². The zero-order chi connectivity index (χ0) is 21.8. The summed E-state index contributed by atoms with van der Waals surface area (Å²) in [5.74, 6) is -0.531. The van der Waals surface area contributed by atoms with E-state index in [1.807, 2.05) is 45.0 Å². The van der Waals surface area contributed by atoms with Gasteiger partial charge in [-0.25, -0.2) is 9.59 Å². The molecule has 1 aromatic carbocycles. The van der Waals surface area contributed by atoms with Gasteiger partial charge in [-0.1, -0.05) is 39.0 Å². The molecular weight excluding hydrogens is 356 g/mol. The van der Waals surface area contributed by atoms with Crippen LogP contribution in [0.2, 0.25) is 0 Å². The van der Waals surface area contributed by atoms with Gasteiger partial charge in [-0.15, -0.1) is 0 Å². The Balaban J connectivity index is 2.93. The fourth-order valence-corrected chi connectivity index (χ4v) is 2.44. The number of urea groups is 1. The van der Waals surface area contributed by atoms with Gasteiger partial charge in [0.15, 0.2) is 6.04 Å². The standard InChI is InChI=1S/C22H36N2O4/c1-20(2,3)15-12-10-11-13-16(15)23-19(26)24-17(14-27-21(4,5)6)18(25)28-22(7,8)9/h10-13,17H,14H2,1-9H3,(H2,23,24,26). The number of anilines is 1. The maximum Gasteiger partial charge on any atom is 0.331 e. The maximum absolute atomic E-state index is 12.6. The van der Waals surface area contributed by atoms with E-state index in [1.165, 1.54) is 0 Å². The Morgan fingerprint density at radius 2 is 1.50 bits per heavy atom. The Morgan fingerprint density at radius 1 is 0.929 bits per heavy atom. The Bertz CT molecular complexity index is 679. The van der Waals surface area contributed by atoms with Crippen molar-refractivity contribution in [1.29, 1.82) is 0 Å². The number of esters is 1. The van der Waals surface area contributed by atoms with Crippen LogP contribution in [0.15, 0.2) is 24.3 Å². The maximum atomic E-state index is 12.6. The van der Waals surface area contributed by atoms with Crippen molar-refractivity contribution in [2.75, 3.05) is 11.9 Å². The monoisotopic (exact) mass is 392 g/mol. The van der Waals surface area contributed by atoms with Crippen LogP contribution in [-0.2, 0) is 19.7 Å².